The number of nitrogens with two attached hydrogens (primary N) is 2. The van der Waals surface area contributed by atoms with Gasteiger partial charge in [-0.1, -0.05) is 72.8 Å². The van der Waals surface area contributed by atoms with E-state index in [-0.39, 0.29) is 24.2 Å². The number of rotatable bonds is 11. The topological polar surface area (TPSA) is 130 Å². The van der Waals surface area contributed by atoms with Crippen molar-refractivity contribution in [2.24, 2.45) is 11.5 Å². The number of aliphatic hydroxyl groups excluding tert-OH is 1. The third kappa shape index (κ3) is 7.18. The molecule has 0 bridgehead atoms. The lowest BCUT2D eigenvalue weighted by Gasteiger charge is -2.49. The molecular formula is C35H34F2N4O4. The number of urea groups is 1. The van der Waals surface area contributed by atoms with E-state index in [0.717, 1.165) is 23.3 Å². The Morgan fingerprint density at radius 1 is 0.667 bits per heavy atom. The molecule has 4 aromatic rings. The van der Waals surface area contributed by atoms with E-state index in [9.17, 15) is 28.3 Å². The van der Waals surface area contributed by atoms with Gasteiger partial charge in [0.2, 0.25) is 0 Å². The standard InChI is InChI=1S/C35H34F2N4O4/c36-28-14-11-24(17-26(28)33(38)43)20-40-30(16-13-22-7-3-1-4-8-22)32(42)31(19-23-9-5-2-6-10-23)41(35(40)45)21-25-12-15-29(37)27(18-25)34(39)44/h1-12,14-15,17-18,30-32,42H,13,16,19-21H2,(H2,38,43)(H2,39,44)/t30-,31-,32-/m1/s1. The van der Waals surface area contributed by atoms with E-state index < -0.39 is 47.7 Å². The Labute approximate surface area is 259 Å². The third-order valence-corrected chi connectivity index (χ3v) is 8.24. The van der Waals surface area contributed by atoms with E-state index in [2.05, 4.69) is 0 Å². The van der Waals surface area contributed by atoms with Crippen LogP contribution in [0, 0.1) is 11.6 Å². The summed E-state index contributed by atoms with van der Waals surface area (Å²) >= 11 is 0. The molecular weight excluding hydrogens is 578 g/mol. The molecule has 1 heterocycles. The Hall–Kier alpha value is -5.09. The molecule has 0 unspecified atom stereocenters. The highest BCUT2D eigenvalue weighted by Crippen LogP contribution is 2.31. The molecule has 0 aromatic heterocycles. The Balaban J connectivity index is 1.55. The zero-order chi connectivity index (χ0) is 32.1. The summed E-state index contributed by atoms with van der Waals surface area (Å²) in [4.78, 5) is 41.2. The Bertz CT molecular complexity index is 1690. The highest BCUT2D eigenvalue weighted by Gasteiger charge is 2.45. The number of amides is 4. The van der Waals surface area contributed by atoms with Crippen LogP contribution in [0.3, 0.4) is 0 Å². The maximum Gasteiger partial charge on any atom is 0.321 e. The molecule has 0 saturated carbocycles. The van der Waals surface area contributed by atoms with Crippen molar-refractivity contribution in [3.63, 3.8) is 0 Å². The second kappa shape index (κ2) is 13.7. The molecule has 0 aliphatic carbocycles. The van der Waals surface area contributed by atoms with Crippen LogP contribution in [0.1, 0.15) is 49.4 Å². The van der Waals surface area contributed by atoms with Crippen molar-refractivity contribution in [3.05, 3.63) is 142 Å². The van der Waals surface area contributed by atoms with Crippen molar-refractivity contribution in [2.45, 2.75) is 50.5 Å². The lowest BCUT2D eigenvalue weighted by molar-refractivity contribution is -0.0453. The molecule has 5 N–H and O–H groups in total. The summed E-state index contributed by atoms with van der Waals surface area (Å²) in [6, 6.07) is 25.2. The summed E-state index contributed by atoms with van der Waals surface area (Å²) in [5.41, 5.74) is 13.0. The van der Waals surface area contributed by atoms with E-state index >= 15 is 0 Å². The minimum atomic E-state index is -1.04. The predicted octanol–water partition coefficient (Wildman–Crippen LogP) is 4.57. The van der Waals surface area contributed by atoms with Crippen molar-refractivity contribution >= 4 is 17.8 Å². The van der Waals surface area contributed by atoms with Gasteiger partial charge in [0, 0.05) is 13.1 Å². The van der Waals surface area contributed by atoms with Gasteiger partial charge in [-0.05, 0) is 65.8 Å². The summed E-state index contributed by atoms with van der Waals surface area (Å²) in [5.74, 6) is -3.43. The van der Waals surface area contributed by atoms with Crippen molar-refractivity contribution < 1.29 is 28.3 Å². The number of carbonyl (C=O) groups is 3. The fraction of sp³-hybridized carbons (Fsp3) is 0.229. The van der Waals surface area contributed by atoms with Crippen LogP contribution in [0.2, 0.25) is 0 Å². The van der Waals surface area contributed by atoms with Crippen molar-refractivity contribution in [1.29, 1.82) is 0 Å². The van der Waals surface area contributed by atoms with Crippen LogP contribution in [0.4, 0.5) is 13.6 Å². The van der Waals surface area contributed by atoms with Crippen LogP contribution in [0.5, 0.6) is 0 Å². The van der Waals surface area contributed by atoms with Crippen LogP contribution in [-0.4, -0.2) is 50.9 Å². The van der Waals surface area contributed by atoms with Gasteiger partial charge in [0.1, 0.15) is 11.6 Å². The van der Waals surface area contributed by atoms with Gasteiger partial charge in [0.15, 0.2) is 0 Å². The monoisotopic (exact) mass is 612 g/mol. The Kier molecular flexibility index (Phi) is 9.53. The van der Waals surface area contributed by atoms with Crippen molar-refractivity contribution in [3.8, 4) is 0 Å². The zero-order valence-electron chi connectivity index (χ0n) is 24.5. The average molecular weight is 613 g/mol. The molecule has 232 valence electrons. The number of hydrogen-bond donors (Lipinski definition) is 3. The lowest BCUT2D eigenvalue weighted by atomic mass is 9.88. The largest absolute Gasteiger partial charge is 0.389 e. The molecule has 1 aliphatic heterocycles. The summed E-state index contributed by atoms with van der Waals surface area (Å²) < 4.78 is 28.6. The molecule has 1 aliphatic rings. The van der Waals surface area contributed by atoms with Crippen LogP contribution in [0.25, 0.3) is 0 Å². The smallest absolute Gasteiger partial charge is 0.321 e. The van der Waals surface area contributed by atoms with E-state index in [1.165, 1.54) is 34.1 Å². The zero-order valence-corrected chi connectivity index (χ0v) is 24.5. The molecule has 4 aromatic carbocycles. The molecule has 10 heteroatoms. The molecule has 8 nitrogen and oxygen atoms in total. The maximum atomic E-state index is 14.5. The third-order valence-electron chi connectivity index (χ3n) is 8.24. The Morgan fingerprint density at radius 2 is 1.13 bits per heavy atom. The second-order valence-electron chi connectivity index (χ2n) is 11.2. The summed E-state index contributed by atoms with van der Waals surface area (Å²) in [6.07, 6.45) is 0.275. The van der Waals surface area contributed by atoms with Crippen molar-refractivity contribution in [2.75, 3.05) is 0 Å². The van der Waals surface area contributed by atoms with Crippen LogP contribution < -0.4 is 11.5 Å². The number of carbonyl (C=O) groups excluding carboxylic acids is 3. The fourth-order valence-corrected chi connectivity index (χ4v) is 5.93. The number of aliphatic hydroxyl groups is 1. The number of benzene rings is 4. The first-order chi connectivity index (χ1) is 21.6. The number of halogens is 2. The van der Waals surface area contributed by atoms with E-state index in [1.807, 2.05) is 60.7 Å². The van der Waals surface area contributed by atoms with E-state index in [0.29, 0.717) is 30.4 Å². The minimum absolute atomic E-state index is 0.0412. The SMILES string of the molecule is NC(=O)c1cc(CN2C(=O)N(Cc3ccc(F)c(C(N)=O)c3)[C@H](Cc3ccccc3)[C@H](O)[C@H]2CCc2ccccc2)ccc1F. The highest BCUT2D eigenvalue weighted by molar-refractivity contribution is 5.93. The maximum absolute atomic E-state index is 14.5. The van der Waals surface area contributed by atoms with Crippen LogP contribution in [-0.2, 0) is 25.9 Å². The molecule has 0 spiro atoms. The van der Waals surface area contributed by atoms with E-state index in [1.54, 1.807) is 0 Å². The number of hydrogen-bond acceptors (Lipinski definition) is 4. The highest BCUT2D eigenvalue weighted by atomic mass is 19.1. The summed E-state index contributed by atoms with van der Waals surface area (Å²) in [6.45, 7) is -0.0910. The summed E-state index contributed by atoms with van der Waals surface area (Å²) in [7, 11) is 0. The van der Waals surface area contributed by atoms with Gasteiger partial charge in [-0.3, -0.25) is 9.59 Å². The predicted molar refractivity (Wildman–Crippen MR) is 165 cm³/mol. The molecule has 45 heavy (non-hydrogen) atoms. The second-order valence-corrected chi connectivity index (χ2v) is 11.2. The minimum Gasteiger partial charge on any atom is -0.389 e. The lowest BCUT2D eigenvalue weighted by Crippen LogP contribution is -2.66. The van der Waals surface area contributed by atoms with Gasteiger partial charge in [-0.15, -0.1) is 0 Å². The fourth-order valence-electron chi connectivity index (χ4n) is 5.93. The molecule has 1 saturated heterocycles. The molecule has 4 amide bonds. The van der Waals surface area contributed by atoms with Gasteiger partial charge in [0.25, 0.3) is 11.8 Å². The van der Waals surface area contributed by atoms with Crippen LogP contribution >= 0.6 is 0 Å². The first-order valence-electron chi connectivity index (χ1n) is 14.6. The first kappa shape index (κ1) is 31.3. The normalized spacial score (nSPS) is 18.2. The van der Waals surface area contributed by atoms with Gasteiger partial charge in [0.05, 0.1) is 29.3 Å². The van der Waals surface area contributed by atoms with Gasteiger partial charge >= 0.3 is 6.03 Å². The number of aryl methyl sites for hydroxylation is 1. The molecule has 3 atom stereocenters. The molecule has 5 rings (SSSR count). The Morgan fingerprint density at radius 3 is 1.62 bits per heavy atom. The van der Waals surface area contributed by atoms with Gasteiger partial charge < -0.3 is 26.4 Å². The number of nitrogens with zero attached hydrogens (tertiary/aromatic N) is 2. The first-order valence-corrected chi connectivity index (χ1v) is 14.6. The van der Waals surface area contributed by atoms with Gasteiger partial charge in [-0.2, -0.15) is 0 Å². The van der Waals surface area contributed by atoms with Crippen LogP contribution in [0.15, 0.2) is 97.1 Å². The quantitative estimate of drug-likeness (QED) is 0.229. The van der Waals surface area contributed by atoms with Crippen molar-refractivity contribution in [1.82, 2.24) is 9.80 Å². The molecule has 0 radical (unpaired) electrons. The molecule has 1 fully saturated rings. The summed E-state index contributed by atoms with van der Waals surface area (Å²) in [5, 5.41) is 12.1. The number of primary amides is 2. The van der Waals surface area contributed by atoms with Gasteiger partial charge in [-0.25, -0.2) is 13.6 Å². The van der Waals surface area contributed by atoms with E-state index in [4.69, 9.17) is 11.5 Å². The average Bonchev–Trinajstić information content (AvgIpc) is 3.03.